The molecule has 0 aliphatic carbocycles. The predicted octanol–water partition coefficient (Wildman–Crippen LogP) is 2.02. The number of rotatable bonds is 4. The van der Waals surface area contributed by atoms with Crippen molar-refractivity contribution in [2.75, 3.05) is 0 Å². The number of alkyl halides is 2. The number of hydrogen-bond donors (Lipinski definition) is 2. The number of halogens is 2. The molecule has 1 atom stereocenters. The van der Waals surface area contributed by atoms with Gasteiger partial charge in [-0.2, -0.15) is 8.78 Å². The number of ether oxygens (including phenoxy) is 1. The van der Waals surface area contributed by atoms with Crippen molar-refractivity contribution in [3.8, 4) is 5.75 Å². The van der Waals surface area contributed by atoms with Crippen molar-refractivity contribution in [2.24, 2.45) is 0 Å². The first-order chi connectivity index (χ1) is 7.84. The first kappa shape index (κ1) is 13.4. The van der Waals surface area contributed by atoms with Gasteiger partial charge < -0.3 is 14.9 Å². The molecule has 1 aromatic carbocycles. The van der Waals surface area contributed by atoms with Crippen molar-refractivity contribution in [3.63, 3.8) is 0 Å². The maximum atomic E-state index is 12.1. The molecule has 1 unspecified atom stereocenters. The second kappa shape index (κ2) is 5.09. The van der Waals surface area contributed by atoms with Gasteiger partial charge in [0, 0.05) is 5.56 Å². The molecule has 0 saturated heterocycles. The normalized spacial score (nSPS) is 12.6. The van der Waals surface area contributed by atoms with Gasteiger partial charge in [0.1, 0.15) is 5.75 Å². The molecule has 0 fully saturated rings. The summed E-state index contributed by atoms with van der Waals surface area (Å²) in [5.41, 5.74) is 0.956. The lowest BCUT2D eigenvalue weighted by atomic mass is 9.98. The highest BCUT2D eigenvalue weighted by atomic mass is 19.3. The van der Waals surface area contributed by atoms with Gasteiger partial charge in [-0.3, -0.25) is 0 Å². The number of carboxylic acid groups (broad SMARTS) is 1. The summed E-state index contributed by atoms with van der Waals surface area (Å²) in [5, 5.41) is 18.2. The predicted molar refractivity (Wildman–Crippen MR) is 55.1 cm³/mol. The summed E-state index contributed by atoms with van der Waals surface area (Å²) < 4.78 is 28.5. The van der Waals surface area contributed by atoms with E-state index in [1.807, 2.05) is 0 Å². The minimum atomic E-state index is -3.07. The van der Waals surface area contributed by atoms with Gasteiger partial charge in [0.2, 0.25) is 0 Å². The number of benzene rings is 1. The molecule has 1 rings (SSSR count). The smallest absolute Gasteiger partial charge is 0.387 e. The number of aliphatic hydroxyl groups is 1. The van der Waals surface area contributed by atoms with Crippen LogP contribution in [-0.4, -0.2) is 22.8 Å². The molecule has 0 aliphatic rings. The van der Waals surface area contributed by atoms with Crippen LogP contribution in [0.15, 0.2) is 12.1 Å². The third kappa shape index (κ3) is 2.91. The molecule has 1 aromatic rings. The standard InChI is InChI=1S/C11H12F2O4/c1-5-3-4-7(17-11(12)13)8(6(5)2)9(14)10(15)16/h3-4,9,11,14H,1-2H3,(H,15,16). The van der Waals surface area contributed by atoms with Gasteiger partial charge in [-0.05, 0) is 31.0 Å². The summed E-state index contributed by atoms with van der Waals surface area (Å²) in [7, 11) is 0. The highest BCUT2D eigenvalue weighted by Gasteiger charge is 2.24. The van der Waals surface area contributed by atoms with Crippen LogP contribution in [0, 0.1) is 13.8 Å². The van der Waals surface area contributed by atoms with E-state index in [4.69, 9.17) is 5.11 Å². The summed E-state index contributed by atoms with van der Waals surface area (Å²) in [4.78, 5) is 10.7. The Hall–Kier alpha value is -1.69. The third-order valence-corrected chi connectivity index (χ3v) is 2.47. The lowest BCUT2D eigenvalue weighted by molar-refractivity contribution is -0.147. The van der Waals surface area contributed by atoms with Crippen LogP contribution in [0.5, 0.6) is 5.75 Å². The number of hydrogen-bond acceptors (Lipinski definition) is 3. The summed E-state index contributed by atoms with van der Waals surface area (Å²) in [6.07, 6.45) is -1.89. The summed E-state index contributed by atoms with van der Waals surface area (Å²) >= 11 is 0. The van der Waals surface area contributed by atoms with E-state index >= 15 is 0 Å². The van der Waals surface area contributed by atoms with Crippen molar-refractivity contribution in [1.82, 2.24) is 0 Å². The molecule has 0 spiro atoms. The van der Waals surface area contributed by atoms with Crippen LogP contribution in [0.25, 0.3) is 0 Å². The molecule has 2 N–H and O–H groups in total. The summed E-state index contributed by atoms with van der Waals surface area (Å²) in [6, 6.07) is 2.74. The molecular formula is C11H12F2O4. The van der Waals surface area contributed by atoms with Gasteiger partial charge in [-0.15, -0.1) is 0 Å². The second-order valence-electron chi connectivity index (χ2n) is 3.54. The third-order valence-electron chi connectivity index (χ3n) is 2.47. The minimum Gasteiger partial charge on any atom is -0.479 e. The van der Waals surface area contributed by atoms with Gasteiger partial charge in [0.05, 0.1) is 0 Å². The number of carboxylic acids is 1. The number of aliphatic hydroxyl groups excluding tert-OH is 1. The number of carbonyl (C=O) groups is 1. The Labute approximate surface area is 96.5 Å². The Kier molecular flexibility index (Phi) is 4.01. The molecule has 0 heterocycles. The molecule has 0 bridgehead atoms. The van der Waals surface area contributed by atoms with E-state index in [0.717, 1.165) is 0 Å². The van der Waals surface area contributed by atoms with E-state index in [1.165, 1.54) is 19.1 Å². The van der Waals surface area contributed by atoms with Crippen LogP contribution in [0.2, 0.25) is 0 Å². The zero-order chi connectivity index (χ0) is 13.2. The van der Waals surface area contributed by atoms with Crippen molar-refractivity contribution in [3.05, 3.63) is 28.8 Å². The molecule has 94 valence electrons. The minimum absolute atomic E-state index is 0.141. The average molecular weight is 246 g/mol. The molecule has 0 aromatic heterocycles. The van der Waals surface area contributed by atoms with Crippen LogP contribution in [0.3, 0.4) is 0 Å². The second-order valence-corrected chi connectivity index (χ2v) is 3.54. The van der Waals surface area contributed by atoms with Crippen molar-refractivity contribution in [1.29, 1.82) is 0 Å². The van der Waals surface area contributed by atoms with Crippen LogP contribution in [-0.2, 0) is 4.79 Å². The Morgan fingerprint density at radius 3 is 2.41 bits per heavy atom. The first-order valence-electron chi connectivity index (χ1n) is 4.80. The Morgan fingerprint density at radius 1 is 1.35 bits per heavy atom. The van der Waals surface area contributed by atoms with Gasteiger partial charge in [-0.1, -0.05) is 6.07 Å². The maximum Gasteiger partial charge on any atom is 0.387 e. The van der Waals surface area contributed by atoms with Crippen molar-refractivity contribution in [2.45, 2.75) is 26.6 Å². The van der Waals surface area contributed by atoms with Crippen LogP contribution in [0.4, 0.5) is 8.78 Å². The Bertz CT molecular complexity index is 432. The van der Waals surface area contributed by atoms with Gasteiger partial charge in [0.15, 0.2) is 6.10 Å². The Morgan fingerprint density at radius 2 is 1.94 bits per heavy atom. The van der Waals surface area contributed by atoms with E-state index < -0.39 is 18.7 Å². The molecule has 0 saturated carbocycles. The van der Waals surface area contributed by atoms with E-state index in [9.17, 15) is 18.7 Å². The maximum absolute atomic E-state index is 12.1. The molecular weight excluding hydrogens is 234 g/mol. The van der Waals surface area contributed by atoms with E-state index in [0.29, 0.717) is 11.1 Å². The SMILES string of the molecule is Cc1ccc(OC(F)F)c(C(O)C(=O)O)c1C. The largest absolute Gasteiger partial charge is 0.479 e. The molecule has 0 amide bonds. The van der Waals surface area contributed by atoms with Gasteiger partial charge >= 0.3 is 12.6 Å². The molecule has 4 nitrogen and oxygen atoms in total. The number of aryl methyl sites for hydroxylation is 1. The number of aliphatic carboxylic acids is 1. The monoisotopic (exact) mass is 246 g/mol. The van der Waals surface area contributed by atoms with Crippen molar-refractivity contribution >= 4 is 5.97 Å². The Balaban J connectivity index is 3.30. The summed E-state index contributed by atoms with van der Waals surface area (Å²) in [5.74, 6) is -1.84. The average Bonchev–Trinajstić information content (AvgIpc) is 2.22. The van der Waals surface area contributed by atoms with Crippen LogP contribution >= 0.6 is 0 Å². The molecule has 17 heavy (non-hydrogen) atoms. The molecule has 0 radical (unpaired) electrons. The highest BCUT2D eigenvalue weighted by molar-refractivity contribution is 5.76. The molecule has 0 aliphatic heterocycles. The zero-order valence-electron chi connectivity index (χ0n) is 9.28. The van der Waals surface area contributed by atoms with E-state index in [-0.39, 0.29) is 11.3 Å². The highest BCUT2D eigenvalue weighted by Crippen LogP contribution is 2.31. The zero-order valence-corrected chi connectivity index (χ0v) is 9.28. The lowest BCUT2D eigenvalue weighted by Crippen LogP contribution is -2.15. The van der Waals surface area contributed by atoms with Crippen LogP contribution in [0.1, 0.15) is 22.8 Å². The topological polar surface area (TPSA) is 66.8 Å². The van der Waals surface area contributed by atoms with E-state index in [1.54, 1.807) is 6.92 Å². The van der Waals surface area contributed by atoms with E-state index in [2.05, 4.69) is 4.74 Å². The quantitative estimate of drug-likeness (QED) is 0.852. The van der Waals surface area contributed by atoms with Crippen LogP contribution < -0.4 is 4.74 Å². The molecule has 6 heteroatoms. The lowest BCUT2D eigenvalue weighted by Gasteiger charge is -2.17. The fraction of sp³-hybridized carbons (Fsp3) is 0.364. The summed E-state index contributed by atoms with van der Waals surface area (Å²) in [6.45, 7) is 0.145. The van der Waals surface area contributed by atoms with Crippen molar-refractivity contribution < 1.29 is 28.5 Å². The fourth-order valence-corrected chi connectivity index (χ4v) is 1.47. The fourth-order valence-electron chi connectivity index (χ4n) is 1.47. The van der Waals surface area contributed by atoms with Gasteiger partial charge in [-0.25, -0.2) is 4.79 Å². The van der Waals surface area contributed by atoms with Gasteiger partial charge in [0.25, 0.3) is 0 Å². The first-order valence-corrected chi connectivity index (χ1v) is 4.80.